The van der Waals surface area contributed by atoms with E-state index in [1.165, 1.54) is 0 Å². The third kappa shape index (κ3) is 3.79. The van der Waals surface area contributed by atoms with Gasteiger partial charge in [-0.15, -0.1) is 5.10 Å². The fourth-order valence-electron chi connectivity index (χ4n) is 3.19. The normalized spacial score (nSPS) is 11.0. The van der Waals surface area contributed by atoms with E-state index in [-0.39, 0.29) is 12.5 Å². The summed E-state index contributed by atoms with van der Waals surface area (Å²) in [4.78, 5) is 17.0. The van der Waals surface area contributed by atoms with Crippen LogP contribution in [0.3, 0.4) is 0 Å². The molecule has 0 unspecified atom stereocenters. The molecule has 148 valence electrons. The highest BCUT2D eigenvalue weighted by molar-refractivity contribution is 6.31. The predicted octanol–water partition coefficient (Wildman–Crippen LogP) is 3.44. The van der Waals surface area contributed by atoms with Crippen LogP contribution in [0, 0.1) is 13.8 Å². The Morgan fingerprint density at radius 1 is 1.28 bits per heavy atom. The number of carbonyl (C=O) groups is 1. The molecule has 29 heavy (non-hydrogen) atoms. The Bertz CT molecular complexity index is 1200. The van der Waals surface area contributed by atoms with Crippen molar-refractivity contribution in [2.75, 3.05) is 11.9 Å². The summed E-state index contributed by atoms with van der Waals surface area (Å²) in [5, 5.41) is 12.7. The van der Waals surface area contributed by atoms with Gasteiger partial charge in [0.15, 0.2) is 12.3 Å². The number of fused-ring (bicyclic) bond motifs is 1. The molecule has 0 aliphatic carbocycles. The molecule has 0 fully saturated rings. The minimum atomic E-state index is -0.336. The Labute approximate surface area is 172 Å². The molecule has 3 heterocycles. The van der Waals surface area contributed by atoms with Gasteiger partial charge in [-0.3, -0.25) is 4.79 Å². The number of nitrogens with zero attached hydrogens (tertiary/aromatic N) is 5. The van der Waals surface area contributed by atoms with Gasteiger partial charge in [0.2, 0.25) is 5.88 Å². The lowest BCUT2D eigenvalue weighted by Crippen LogP contribution is -2.21. The molecule has 9 heteroatoms. The van der Waals surface area contributed by atoms with E-state index in [0.29, 0.717) is 27.9 Å². The predicted molar refractivity (Wildman–Crippen MR) is 111 cm³/mol. The molecule has 8 nitrogen and oxygen atoms in total. The zero-order chi connectivity index (χ0) is 20.5. The fourth-order valence-corrected chi connectivity index (χ4v) is 3.36. The van der Waals surface area contributed by atoms with Crippen molar-refractivity contribution in [3.8, 4) is 11.6 Å². The molecule has 0 saturated carbocycles. The first-order chi connectivity index (χ1) is 13.9. The topological polar surface area (TPSA) is 86.9 Å². The van der Waals surface area contributed by atoms with Crippen molar-refractivity contribution >= 4 is 34.2 Å². The van der Waals surface area contributed by atoms with Crippen LogP contribution in [-0.4, -0.2) is 37.1 Å². The van der Waals surface area contributed by atoms with Crippen LogP contribution in [0.25, 0.3) is 16.7 Å². The van der Waals surface area contributed by atoms with Gasteiger partial charge in [-0.25, -0.2) is 14.3 Å². The van der Waals surface area contributed by atoms with Crippen LogP contribution in [-0.2, 0) is 11.8 Å². The van der Waals surface area contributed by atoms with E-state index in [2.05, 4.69) is 20.5 Å². The van der Waals surface area contributed by atoms with Gasteiger partial charge in [-0.05, 0) is 49.7 Å². The fraction of sp³-hybridized carbons (Fsp3) is 0.200. The Hall–Kier alpha value is -3.39. The van der Waals surface area contributed by atoms with Gasteiger partial charge in [0.1, 0.15) is 0 Å². The first kappa shape index (κ1) is 18.9. The number of halogens is 1. The molecule has 4 aromatic rings. The third-order valence-electron chi connectivity index (χ3n) is 4.41. The molecule has 1 N–H and O–H groups in total. The number of anilines is 1. The lowest BCUT2D eigenvalue weighted by Gasteiger charge is -2.12. The SMILES string of the molecule is Cc1cc(C)c2c(OCC(=O)Nc3cc(Cl)ccc3-n3cccn3)nn(C)c2n1. The maximum absolute atomic E-state index is 12.5. The van der Waals surface area contributed by atoms with Crippen molar-refractivity contribution in [2.24, 2.45) is 7.05 Å². The maximum atomic E-state index is 12.5. The number of carbonyl (C=O) groups excluding carboxylic acids is 1. The molecule has 0 bridgehead atoms. The van der Waals surface area contributed by atoms with Crippen LogP contribution in [0.1, 0.15) is 11.3 Å². The van der Waals surface area contributed by atoms with E-state index in [1.54, 1.807) is 53.1 Å². The molecule has 0 aliphatic heterocycles. The molecule has 0 aliphatic rings. The highest BCUT2D eigenvalue weighted by atomic mass is 35.5. The molecule has 0 spiro atoms. The number of pyridine rings is 1. The second kappa shape index (κ2) is 7.56. The monoisotopic (exact) mass is 410 g/mol. The minimum Gasteiger partial charge on any atom is -0.466 e. The molecule has 1 amide bonds. The van der Waals surface area contributed by atoms with Gasteiger partial charge in [0.25, 0.3) is 5.91 Å². The molecule has 3 aromatic heterocycles. The number of hydrogen-bond acceptors (Lipinski definition) is 5. The number of rotatable bonds is 5. The number of hydrogen-bond donors (Lipinski definition) is 1. The van der Waals surface area contributed by atoms with Crippen LogP contribution < -0.4 is 10.1 Å². The summed E-state index contributed by atoms with van der Waals surface area (Å²) in [7, 11) is 1.80. The second-order valence-corrected chi connectivity index (χ2v) is 7.09. The van der Waals surface area contributed by atoms with E-state index < -0.39 is 0 Å². The minimum absolute atomic E-state index is 0.204. The lowest BCUT2D eigenvalue weighted by atomic mass is 10.2. The third-order valence-corrected chi connectivity index (χ3v) is 4.65. The van der Waals surface area contributed by atoms with Crippen molar-refractivity contribution < 1.29 is 9.53 Å². The van der Waals surface area contributed by atoms with Crippen LogP contribution in [0.5, 0.6) is 5.88 Å². The number of aryl methyl sites for hydroxylation is 3. The summed E-state index contributed by atoms with van der Waals surface area (Å²) in [6.07, 6.45) is 3.45. The number of ether oxygens (including phenoxy) is 1. The van der Waals surface area contributed by atoms with Gasteiger partial charge in [-0.1, -0.05) is 11.6 Å². The number of amides is 1. The average molecular weight is 411 g/mol. The quantitative estimate of drug-likeness (QED) is 0.544. The average Bonchev–Trinajstić information content (AvgIpc) is 3.29. The molecule has 0 saturated heterocycles. The zero-order valence-corrected chi connectivity index (χ0v) is 16.9. The summed E-state index contributed by atoms with van der Waals surface area (Å²) in [6, 6.07) is 8.95. The van der Waals surface area contributed by atoms with Crippen LogP contribution in [0.2, 0.25) is 5.02 Å². The van der Waals surface area contributed by atoms with Crippen LogP contribution in [0.4, 0.5) is 5.69 Å². The lowest BCUT2D eigenvalue weighted by molar-refractivity contribution is -0.118. The summed E-state index contributed by atoms with van der Waals surface area (Å²) < 4.78 is 9.01. The van der Waals surface area contributed by atoms with Gasteiger partial charge in [-0.2, -0.15) is 5.10 Å². The maximum Gasteiger partial charge on any atom is 0.262 e. The van der Waals surface area contributed by atoms with Gasteiger partial charge in [0, 0.05) is 30.2 Å². The Kier molecular flexibility index (Phi) is 4.94. The van der Waals surface area contributed by atoms with Gasteiger partial charge in [0.05, 0.1) is 16.8 Å². The second-order valence-electron chi connectivity index (χ2n) is 6.66. The number of benzene rings is 1. The first-order valence-electron chi connectivity index (χ1n) is 8.95. The van der Waals surface area contributed by atoms with Crippen LogP contribution >= 0.6 is 11.6 Å². The molecule has 1 aromatic carbocycles. The summed E-state index contributed by atoms with van der Waals surface area (Å²) in [6.45, 7) is 3.69. The van der Waals surface area contributed by atoms with E-state index in [4.69, 9.17) is 16.3 Å². The van der Waals surface area contributed by atoms with Gasteiger partial charge < -0.3 is 10.1 Å². The standard InChI is InChI=1S/C20H19ClN6O2/c1-12-9-13(2)23-19-18(12)20(25-26(19)3)29-11-17(28)24-15-10-14(21)5-6-16(15)27-8-4-7-22-27/h4-10H,11H2,1-3H3,(H,24,28). The van der Waals surface area contributed by atoms with E-state index in [1.807, 2.05) is 19.9 Å². The van der Waals surface area contributed by atoms with Crippen molar-refractivity contribution in [3.63, 3.8) is 0 Å². The molecular weight excluding hydrogens is 392 g/mol. The largest absolute Gasteiger partial charge is 0.466 e. The summed E-state index contributed by atoms with van der Waals surface area (Å²) in [5.41, 5.74) is 3.84. The molecule has 0 radical (unpaired) electrons. The molecular formula is C20H19ClN6O2. The zero-order valence-electron chi connectivity index (χ0n) is 16.2. The van der Waals surface area contributed by atoms with Gasteiger partial charge >= 0.3 is 0 Å². The Morgan fingerprint density at radius 3 is 2.86 bits per heavy atom. The molecule has 0 atom stereocenters. The first-order valence-corrected chi connectivity index (χ1v) is 9.33. The van der Waals surface area contributed by atoms with Crippen molar-refractivity contribution in [1.29, 1.82) is 0 Å². The Balaban J connectivity index is 1.54. The van der Waals surface area contributed by atoms with E-state index >= 15 is 0 Å². The van der Waals surface area contributed by atoms with Crippen molar-refractivity contribution in [3.05, 3.63) is 59.0 Å². The smallest absolute Gasteiger partial charge is 0.262 e. The number of nitrogens with one attached hydrogen (secondary N) is 1. The Morgan fingerprint density at radius 2 is 2.10 bits per heavy atom. The molecule has 4 rings (SSSR count). The van der Waals surface area contributed by atoms with E-state index in [9.17, 15) is 4.79 Å². The summed E-state index contributed by atoms with van der Waals surface area (Å²) >= 11 is 6.10. The highest BCUT2D eigenvalue weighted by Gasteiger charge is 2.16. The van der Waals surface area contributed by atoms with Crippen LogP contribution in [0.15, 0.2) is 42.7 Å². The summed E-state index contributed by atoms with van der Waals surface area (Å²) in [5.74, 6) is 0.0400. The van der Waals surface area contributed by atoms with E-state index in [0.717, 1.165) is 16.6 Å². The number of aromatic nitrogens is 5. The van der Waals surface area contributed by atoms with Crippen molar-refractivity contribution in [1.82, 2.24) is 24.5 Å². The highest BCUT2D eigenvalue weighted by Crippen LogP contribution is 2.27. The van der Waals surface area contributed by atoms with Crippen molar-refractivity contribution in [2.45, 2.75) is 13.8 Å².